The fourth-order valence-electron chi connectivity index (χ4n) is 1.89. The van der Waals surface area contributed by atoms with Gasteiger partial charge in [0.1, 0.15) is 0 Å². The van der Waals surface area contributed by atoms with Crippen molar-refractivity contribution in [1.82, 2.24) is 25.5 Å². The Morgan fingerprint density at radius 3 is 2.67 bits per heavy atom. The molecular weight excluding hydrogens is 286 g/mol. The lowest BCUT2D eigenvalue weighted by molar-refractivity contribution is -0.119. The Hall–Kier alpha value is -1.89. The Morgan fingerprint density at radius 2 is 2.00 bits per heavy atom. The molecule has 2 rings (SSSR count). The summed E-state index contributed by atoms with van der Waals surface area (Å²) in [4.78, 5) is 11.9. The molecule has 0 aliphatic heterocycles. The predicted octanol–water partition coefficient (Wildman–Crippen LogP) is 2.06. The molecule has 6 nitrogen and oxygen atoms in total. The lowest BCUT2D eigenvalue weighted by Gasteiger charge is -2.14. The van der Waals surface area contributed by atoms with Gasteiger partial charge < -0.3 is 5.32 Å². The van der Waals surface area contributed by atoms with Gasteiger partial charge in [-0.05, 0) is 35.4 Å². The Balaban J connectivity index is 1.96. The molecule has 0 radical (unpaired) electrons. The molecular formula is C14H19N5OS. The third kappa shape index (κ3) is 4.29. The van der Waals surface area contributed by atoms with Gasteiger partial charge in [0, 0.05) is 6.04 Å². The molecule has 0 fully saturated rings. The van der Waals surface area contributed by atoms with Crippen molar-refractivity contribution in [2.75, 3.05) is 5.75 Å². The lowest BCUT2D eigenvalue weighted by Crippen LogP contribution is -2.35. The van der Waals surface area contributed by atoms with E-state index in [0.717, 1.165) is 18.5 Å². The van der Waals surface area contributed by atoms with E-state index >= 15 is 0 Å². The first kappa shape index (κ1) is 15.5. The zero-order valence-corrected chi connectivity index (χ0v) is 13.0. The first-order chi connectivity index (χ1) is 10.2. The molecule has 0 aliphatic rings. The first-order valence-electron chi connectivity index (χ1n) is 7.00. The number of nitrogens with zero attached hydrogens (tertiary/aromatic N) is 4. The molecule has 112 valence electrons. The molecule has 21 heavy (non-hydrogen) atoms. The highest BCUT2D eigenvalue weighted by molar-refractivity contribution is 7.99. The van der Waals surface area contributed by atoms with Crippen LogP contribution in [0, 0.1) is 0 Å². The van der Waals surface area contributed by atoms with Crippen LogP contribution in [0.2, 0.25) is 0 Å². The summed E-state index contributed by atoms with van der Waals surface area (Å²) in [5, 5.41) is 15.2. The number of tetrazole rings is 1. The SMILES string of the molecule is CCC(CC)NC(=O)CSc1nnnn1-c1ccccc1. The zero-order chi connectivity index (χ0) is 15.1. The third-order valence-electron chi connectivity index (χ3n) is 3.12. The van der Waals surface area contributed by atoms with E-state index in [-0.39, 0.29) is 11.9 Å². The lowest BCUT2D eigenvalue weighted by atomic mass is 10.2. The summed E-state index contributed by atoms with van der Waals surface area (Å²) in [5.41, 5.74) is 0.880. The van der Waals surface area contributed by atoms with E-state index in [1.807, 2.05) is 30.3 Å². The Bertz CT molecular complexity index is 568. The minimum atomic E-state index is 0.0105. The van der Waals surface area contributed by atoms with E-state index in [1.165, 1.54) is 11.8 Å². The fourth-order valence-corrected chi connectivity index (χ4v) is 2.59. The van der Waals surface area contributed by atoms with E-state index in [2.05, 4.69) is 34.7 Å². The summed E-state index contributed by atoms with van der Waals surface area (Å²) in [6, 6.07) is 9.86. The van der Waals surface area contributed by atoms with Gasteiger partial charge in [0.15, 0.2) is 0 Å². The van der Waals surface area contributed by atoms with Crippen LogP contribution in [0.15, 0.2) is 35.5 Å². The average molecular weight is 305 g/mol. The largest absolute Gasteiger partial charge is 0.353 e. The fraction of sp³-hybridized carbons (Fsp3) is 0.429. The number of hydrogen-bond donors (Lipinski definition) is 1. The van der Waals surface area contributed by atoms with Crippen molar-refractivity contribution >= 4 is 17.7 Å². The van der Waals surface area contributed by atoms with Gasteiger partial charge >= 0.3 is 0 Å². The third-order valence-corrected chi connectivity index (χ3v) is 4.04. The Morgan fingerprint density at radius 1 is 1.29 bits per heavy atom. The molecule has 1 amide bonds. The Kier molecular flexibility index (Phi) is 5.74. The molecule has 7 heteroatoms. The van der Waals surface area contributed by atoms with Gasteiger partial charge in [0.2, 0.25) is 11.1 Å². The maximum atomic E-state index is 11.9. The van der Waals surface area contributed by atoms with Gasteiger partial charge in [-0.2, -0.15) is 4.68 Å². The summed E-state index contributed by atoms with van der Waals surface area (Å²) in [6.45, 7) is 4.13. The van der Waals surface area contributed by atoms with Crippen LogP contribution < -0.4 is 5.32 Å². The average Bonchev–Trinajstić information content (AvgIpc) is 3.00. The smallest absolute Gasteiger partial charge is 0.230 e. The summed E-state index contributed by atoms with van der Waals surface area (Å²) >= 11 is 1.33. The zero-order valence-electron chi connectivity index (χ0n) is 12.2. The highest BCUT2D eigenvalue weighted by Gasteiger charge is 2.13. The number of benzene rings is 1. The molecule has 0 saturated heterocycles. The summed E-state index contributed by atoms with van der Waals surface area (Å²) < 4.78 is 1.63. The van der Waals surface area contributed by atoms with Crippen molar-refractivity contribution in [1.29, 1.82) is 0 Å². The minimum Gasteiger partial charge on any atom is -0.353 e. The van der Waals surface area contributed by atoms with Crippen LogP contribution in [-0.4, -0.2) is 37.9 Å². The van der Waals surface area contributed by atoms with Gasteiger partial charge in [-0.15, -0.1) is 5.10 Å². The van der Waals surface area contributed by atoms with Gasteiger partial charge in [-0.1, -0.05) is 43.8 Å². The van der Waals surface area contributed by atoms with Crippen molar-refractivity contribution in [3.8, 4) is 5.69 Å². The van der Waals surface area contributed by atoms with Crippen molar-refractivity contribution in [3.05, 3.63) is 30.3 Å². The number of hydrogen-bond acceptors (Lipinski definition) is 5. The number of para-hydroxylation sites is 1. The van der Waals surface area contributed by atoms with Crippen LogP contribution in [0.3, 0.4) is 0 Å². The summed E-state index contributed by atoms with van der Waals surface area (Å²) in [7, 11) is 0. The van der Waals surface area contributed by atoms with Gasteiger partial charge in [0.05, 0.1) is 11.4 Å². The molecule has 0 bridgehead atoms. The monoisotopic (exact) mass is 305 g/mol. The quantitative estimate of drug-likeness (QED) is 0.793. The summed E-state index contributed by atoms with van der Waals surface area (Å²) in [5.74, 6) is 0.320. The van der Waals surface area contributed by atoms with E-state index < -0.39 is 0 Å². The molecule has 0 aliphatic carbocycles. The number of rotatable bonds is 7. The second-order valence-electron chi connectivity index (χ2n) is 4.58. The number of carbonyl (C=O) groups is 1. The highest BCUT2D eigenvalue weighted by Crippen LogP contribution is 2.17. The summed E-state index contributed by atoms with van der Waals surface area (Å²) in [6.07, 6.45) is 1.88. The van der Waals surface area contributed by atoms with Gasteiger partial charge in [-0.25, -0.2) is 0 Å². The van der Waals surface area contributed by atoms with Crippen LogP contribution in [0.5, 0.6) is 0 Å². The topological polar surface area (TPSA) is 72.7 Å². The van der Waals surface area contributed by atoms with E-state index in [4.69, 9.17) is 0 Å². The van der Waals surface area contributed by atoms with Crippen LogP contribution in [0.1, 0.15) is 26.7 Å². The van der Waals surface area contributed by atoms with Gasteiger partial charge in [0.25, 0.3) is 0 Å². The van der Waals surface area contributed by atoms with Crippen LogP contribution in [0.25, 0.3) is 5.69 Å². The molecule has 0 spiro atoms. The van der Waals surface area contributed by atoms with Crippen molar-refractivity contribution in [2.24, 2.45) is 0 Å². The number of thioether (sulfide) groups is 1. The second-order valence-corrected chi connectivity index (χ2v) is 5.52. The van der Waals surface area contributed by atoms with E-state index in [1.54, 1.807) is 4.68 Å². The van der Waals surface area contributed by atoms with Crippen LogP contribution in [0.4, 0.5) is 0 Å². The molecule has 0 unspecified atom stereocenters. The minimum absolute atomic E-state index is 0.0105. The molecule has 1 heterocycles. The van der Waals surface area contributed by atoms with Crippen LogP contribution >= 0.6 is 11.8 Å². The number of carbonyl (C=O) groups excluding carboxylic acids is 1. The molecule has 1 N–H and O–H groups in total. The van der Waals surface area contributed by atoms with Crippen molar-refractivity contribution in [2.45, 2.75) is 37.9 Å². The molecule has 2 aromatic rings. The maximum Gasteiger partial charge on any atom is 0.230 e. The molecule has 1 aromatic carbocycles. The number of amides is 1. The number of nitrogens with one attached hydrogen (secondary N) is 1. The van der Waals surface area contributed by atoms with Gasteiger partial charge in [-0.3, -0.25) is 4.79 Å². The normalized spacial score (nSPS) is 10.8. The predicted molar refractivity (Wildman–Crippen MR) is 82.4 cm³/mol. The first-order valence-corrected chi connectivity index (χ1v) is 7.99. The van der Waals surface area contributed by atoms with Crippen molar-refractivity contribution in [3.63, 3.8) is 0 Å². The molecule has 1 aromatic heterocycles. The Labute approximate surface area is 128 Å². The second kappa shape index (κ2) is 7.78. The van der Waals surface area contributed by atoms with E-state index in [9.17, 15) is 4.79 Å². The maximum absolute atomic E-state index is 11.9. The number of aromatic nitrogens is 4. The van der Waals surface area contributed by atoms with Crippen LogP contribution in [-0.2, 0) is 4.79 Å². The molecule has 0 saturated carbocycles. The highest BCUT2D eigenvalue weighted by atomic mass is 32.2. The standard InChI is InChI=1S/C14H19N5OS/c1-3-11(4-2)15-13(20)10-21-14-16-17-18-19(14)12-8-6-5-7-9-12/h5-9,11H,3-4,10H2,1-2H3,(H,15,20). The molecule has 0 atom stereocenters. The van der Waals surface area contributed by atoms with E-state index in [0.29, 0.717) is 10.9 Å². The van der Waals surface area contributed by atoms with Crippen molar-refractivity contribution < 1.29 is 4.79 Å².